The number of hydrogen-bond acceptors (Lipinski definition) is 4. The lowest BCUT2D eigenvalue weighted by Crippen LogP contribution is -2.43. The van der Waals surface area contributed by atoms with Crippen molar-refractivity contribution in [2.75, 3.05) is 7.05 Å². The van der Waals surface area contributed by atoms with Gasteiger partial charge in [0.2, 0.25) is 20.9 Å². The van der Waals surface area contributed by atoms with Gasteiger partial charge in [0.15, 0.2) is 0 Å². The van der Waals surface area contributed by atoms with Gasteiger partial charge in [-0.2, -0.15) is 0 Å². The molecule has 0 unspecified atom stereocenters. The van der Waals surface area contributed by atoms with Crippen LogP contribution in [0, 0.1) is 0 Å². The van der Waals surface area contributed by atoms with Crippen LogP contribution >= 0.6 is 0 Å². The van der Waals surface area contributed by atoms with Crippen LogP contribution in [0.3, 0.4) is 0 Å². The molecule has 0 saturated heterocycles. The fourth-order valence-electron chi connectivity index (χ4n) is 2.53. The van der Waals surface area contributed by atoms with Gasteiger partial charge in [-0.25, -0.2) is 13.4 Å². The third kappa shape index (κ3) is 3.29. The van der Waals surface area contributed by atoms with Crippen molar-refractivity contribution >= 4 is 15.7 Å². The van der Waals surface area contributed by atoms with Crippen molar-refractivity contribution in [2.45, 2.75) is 75.9 Å². The molecule has 1 amide bonds. The molecule has 7 heteroatoms. The van der Waals surface area contributed by atoms with Crippen molar-refractivity contribution in [2.24, 2.45) is 0 Å². The van der Waals surface area contributed by atoms with E-state index in [4.69, 9.17) is 0 Å². The lowest BCUT2D eigenvalue weighted by Gasteiger charge is -2.25. The van der Waals surface area contributed by atoms with E-state index in [1.807, 2.05) is 32.3 Å². The van der Waals surface area contributed by atoms with Crippen molar-refractivity contribution in [1.82, 2.24) is 14.5 Å². The summed E-state index contributed by atoms with van der Waals surface area (Å²) in [5, 5.41) is -1.09. The molecule has 1 aromatic heterocycles. The maximum absolute atomic E-state index is 13.0. The Morgan fingerprint density at radius 1 is 1.26 bits per heavy atom. The molecule has 2 rings (SSSR count). The van der Waals surface area contributed by atoms with Crippen molar-refractivity contribution in [3.05, 3.63) is 11.9 Å². The van der Waals surface area contributed by atoms with Crippen LogP contribution in [0.15, 0.2) is 11.4 Å². The Hall–Kier alpha value is -1.37. The Kier molecular flexibility index (Phi) is 4.89. The minimum atomic E-state index is -3.80. The van der Waals surface area contributed by atoms with Crippen molar-refractivity contribution in [3.63, 3.8) is 0 Å². The summed E-state index contributed by atoms with van der Waals surface area (Å²) < 4.78 is 27.8. The summed E-state index contributed by atoms with van der Waals surface area (Å²) in [4.78, 5) is 18.1. The van der Waals surface area contributed by atoms with E-state index in [1.54, 1.807) is 13.2 Å². The summed E-state index contributed by atoms with van der Waals surface area (Å²) >= 11 is 0. The Morgan fingerprint density at radius 2 is 1.83 bits per heavy atom. The molecule has 1 fully saturated rings. The zero-order valence-electron chi connectivity index (χ0n) is 14.8. The molecule has 1 atom stereocenters. The highest BCUT2D eigenvalue weighted by Crippen LogP contribution is 2.40. The van der Waals surface area contributed by atoms with E-state index in [9.17, 15) is 13.2 Å². The van der Waals surface area contributed by atoms with Gasteiger partial charge in [0.25, 0.3) is 0 Å². The molecule has 0 N–H and O–H groups in total. The zero-order valence-corrected chi connectivity index (χ0v) is 15.6. The number of amides is 1. The van der Waals surface area contributed by atoms with Crippen LogP contribution in [0.25, 0.3) is 0 Å². The predicted octanol–water partition coefficient (Wildman–Crippen LogP) is 2.37. The number of nitrogens with zero attached hydrogens (tertiary/aromatic N) is 3. The Labute approximate surface area is 138 Å². The molecule has 23 heavy (non-hydrogen) atoms. The van der Waals surface area contributed by atoms with E-state index in [1.165, 1.54) is 11.8 Å². The number of aromatic nitrogens is 2. The number of carbonyl (C=O) groups is 1. The molecule has 0 aromatic carbocycles. The number of imidazole rings is 1. The highest BCUT2D eigenvalue weighted by Gasteiger charge is 2.39. The molecule has 0 bridgehead atoms. The smallest absolute Gasteiger partial charge is 0.241 e. The van der Waals surface area contributed by atoms with Gasteiger partial charge in [0.1, 0.15) is 5.25 Å². The van der Waals surface area contributed by atoms with Gasteiger partial charge in [-0.3, -0.25) is 4.79 Å². The van der Waals surface area contributed by atoms with Crippen molar-refractivity contribution in [3.8, 4) is 0 Å². The first-order valence-corrected chi connectivity index (χ1v) is 9.71. The van der Waals surface area contributed by atoms with Gasteiger partial charge >= 0.3 is 0 Å². The molecule has 0 spiro atoms. The number of hydrogen-bond donors (Lipinski definition) is 0. The second kappa shape index (κ2) is 6.26. The molecule has 6 nitrogen and oxygen atoms in total. The van der Waals surface area contributed by atoms with Crippen LogP contribution in [0.1, 0.15) is 65.1 Å². The van der Waals surface area contributed by atoms with Crippen LogP contribution in [0.2, 0.25) is 0 Å². The third-order valence-corrected chi connectivity index (χ3v) is 6.43. The first-order chi connectivity index (χ1) is 10.6. The van der Waals surface area contributed by atoms with Crippen LogP contribution < -0.4 is 0 Å². The first kappa shape index (κ1) is 18.0. The number of carbonyl (C=O) groups excluding carboxylic acids is 1. The van der Waals surface area contributed by atoms with E-state index in [0.29, 0.717) is 0 Å². The molecule has 1 heterocycles. The molecule has 1 aliphatic rings. The summed E-state index contributed by atoms with van der Waals surface area (Å²) in [5.41, 5.74) is 0.919. The summed E-state index contributed by atoms with van der Waals surface area (Å²) in [6.45, 7) is 9.22. The third-order valence-electron chi connectivity index (χ3n) is 4.48. The number of rotatable bonds is 6. The van der Waals surface area contributed by atoms with E-state index < -0.39 is 21.0 Å². The normalized spacial score (nSPS) is 16.9. The van der Waals surface area contributed by atoms with Gasteiger partial charge < -0.3 is 9.47 Å². The summed E-state index contributed by atoms with van der Waals surface area (Å²) in [6.07, 6.45) is 3.57. The highest BCUT2D eigenvalue weighted by atomic mass is 32.2. The van der Waals surface area contributed by atoms with Gasteiger partial charge in [-0.1, -0.05) is 13.8 Å². The first-order valence-electron chi connectivity index (χ1n) is 8.16. The van der Waals surface area contributed by atoms with Crippen molar-refractivity contribution in [1.29, 1.82) is 0 Å². The lowest BCUT2D eigenvalue weighted by atomic mass is 10.1. The van der Waals surface area contributed by atoms with Gasteiger partial charge in [0.05, 0.1) is 0 Å². The highest BCUT2D eigenvalue weighted by molar-refractivity contribution is 7.92. The van der Waals surface area contributed by atoms with Gasteiger partial charge in [-0.05, 0) is 39.5 Å². The molecule has 0 radical (unpaired) electrons. The van der Waals surface area contributed by atoms with E-state index >= 15 is 0 Å². The predicted molar refractivity (Wildman–Crippen MR) is 89.1 cm³/mol. The average molecular weight is 341 g/mol. The van der Waals surface area contributed by atoms with Gasteiger partial charge in [0, 0.05) is 31.0 Å². The second-order valence-corrected chi connectivity index (χ2v) is 9.11. The van der Waals surface area contributed by atoms with Crippen LogP contribution in [0.4, 0.5) is 0 Å². The van der Waals surface area contributed by atoms with Crippen LogP contribution in [0.5, 0.6) is 0 Å². The minimum Gasteiger partial charge on any atom is -0.342 e. The molecule has 1 aromatic rings. The topological polar surface area (TPSA) is 72.3 Å². The quantitative estimate of drug-likeness (QED) is 0.796. The maximum atomic E-state index is 13.0. The maximum Gasteiger partial charge on any atom is 0.241 e. The van der Waals surface area contributed by atoms with Crippen LogP contribution in [-0.2, 0) is 14.6 Å². The Balaban J connectivity index is 2.42. The molecule has 1 aliphatic carbocycles. The lowest BCUT2D eigenvalue weighted by molar-refractivity contribution is -0.130. The molecule has 1 saturated carbocycles. The molecular formula is C16H27N3O3S. The SMILES string of the molecule is CC(C)c1cnc(S(=O)(=O)[C@H](C)C(=O)N(C)C(C)C)n1C1CC1. The summed E-state index contributed by atoms with van der Waals surface area (Å²) in [7, 11) is -2.17. The minimum absolute atomic E-state index is 0.0432. The van der Waals surface area contributed by atoms with Crippen LogP contribution in [-0.4, -0.2) is 47.1 Å². The van der Waals surface area contributed by atoms with Crippen molar-refractivity contribution < 1.29 is 13.2 Å². The molecule has 130 valence electrons. The fraction of sp³-hybridized carbons (Fsp3) is 0.750. The second-order valence-electron chi connectivity index (χ2n) is 6.95. The fourth-order valence-corrected chi connectivity index (χ4v) is 4.00. The monoisotopic (exact) mass is 341 g/mol. The molecule has 0 aliphatic heterocycles. The largest absolute Gasteiger partial charge is 0.342 e. The zero-order chi connectivity index (χ0) is 17.5. The average Bonchev–Trinajstić information content (AvgIpc) is 3.21. The summed E-state index contributed by atoms with van der Waals surface area (Å²) in [5.74, 6) is -0.201. The Morgan fingerprint density at radius 3 is 2.26 bits per heavy atom. The standard InChI is InChI=1S/C16H27N3O3S/c1-10(2)14-9-17-16(19(14)13-7-8-13)23(21,22)12(5)15(20)18(6)11(3)4/h9-13H,7-8H2,1-6H3/t12-/m1/s1. The van der Waals surface area contributed by atoms with E-state index in [-0.39, 0.29) is 23.2 Å². The number of sulfone groups is 1. The summed E-state index contributed by atoms with van der Waals surface area (Å²) in [6, 6.07) is 0.152. The Bertz CT molecular complexity index is 687. The molecular weight excluding hydrogens is 314 g/mol. The van der Waals surface area contributed by atoms with E-state index in [2.05, 4.69) is 4.98 Å². The van der Waals surface area contributed by atoms with Gasteiger partial charge in [-0.15, -0.1) is 0 Å². The van der Waals surface area contributed by atoms with E-state index in [0.717, 1.165) is 18.5 Å².